The summed E-state index contributed by atoms with van der Waals surface area (Å²) in [4.78, 5) is 1.70. The van der Waals surface area contributed by atoms with E-state index in [1.165, 1.54) is 0 Å². The SMILES string of the molecule is CCCC1(CN(CC(F)(F)F)C2CC2)CCCNC1. The standard InChI is InChI=1S/C14H25F3N2/c1-2-6-13(7-3-8-18-9-13)10-19(12-4-5-12)11-14(15,16)17/h12,18H,2-11H2,1H3. The molecule has 0 bridgehead atoms. The fourth-order valence-electron chi connectivity index (χ4n) is 3.40. The third kappa shape index (κ3) is 4.63. The fraction of sp³-hybridized carbons (Fsp3) is 1.00. The summed E-state index contributed by atoms with van der Waals surface area (Å²) in [6.45, 7) is 3.89. The molecule has 1 heterocycles. The van der Waals surface area contributed by atoms with Crippen LogP contribution in [-0.4, -0.2) is 43.3 Å². The minimum Gasteiger partial charge on any atom is -0.316 e. The molecular weight excluding hydrogens is 253 g/mol. The molecule has 2 fully saturated rings. The van der Waals surface area contributed by atoms with Crippen LogP contribution in [0.1, 0.15) is 45.4 Å². The highest BCUT2D eigenvalue weighted by Crippen LogP contribution is 2.38. The number of nitrogens with one attached hydrogen (secondary N) is 1. The van der Waals surface area contributed by atoms with Crippen LogP contribution in [0.2, 0.25) is 0 Å². The van der Waals surface area contributed by atoms with Crippen molar-refractivity contribution in [3.63, 3.8) is 0 Å². The normalized spacial score (nSPS) is 28.9. The van der Waals surface area contributed by atoms with E-state index < -0.39 is 12.7 Å². The second kappa shape index (κ2) is 6.00. The molecular formula is C14H25F3N2. The van der Waals surface area contributed by atoms with E-state index in [2.05, 4.69) is 12.2 Å². The first-order chi connectivity index (χ1) is 8.94. The maximum Gasteiger partial charge on any atom is 0.401 e. The van der Waals surface area contributed by atoms with E-state index in [0.717, 1.165) is 51.6 Å². The van der Waals surface area contributed by atoms with Crippen molar-refractivity contribution < 1.29 is 13.2 Å². The smallest absolute Gasteiger partial charge is 0.316 e. The Labute approximate surface area is 113 Å². The van der Waals surface area contributed by atoms with Gasteiger partial charge in [-0.15, -0.1) is 0 Å². The highest BCUT2D eigenvalue weighted by Gasteiger charge is 2.42. The number of hydrogen-bond donors (Lipinski definition) is 1. The van der Waals surface area contributed by atoms with Gasteiger partial charge in [-0.1, -0.05) is 13.3 Å². The van der Waals surface area contributed by atoms with Crippen LogP contribution in [0.4, 0.5) is 13.2 Å². The zero-order valence-corrected chi connectivity index (χ0v) is 11.7. The van der Waals surface area contributed by atoms with Gasteiger partial charge in [0, 0.05) is 19.1 Å². The zero-order valence-electron chi connectivity index (χ0n) is 11.7. The van der Waals surface area contributed by atoms with Gasteiger partial charge in [-0.3, -0.25) is 4.90 Å². The van der Waals surface area contributed by atoms with Crippen LogP contribution in [0, 0.1) is 5.41 Å². The third-order valence-corrected chi connectivity index (χ3v) is 4.33. The molecule has 1 N–H and O–H groups in total. The lowest BCUT2D eigenvalue weighted by atomic mass is 9.76. The van der Waals surface area contributed by atoms with Gasteiger partial charge >= 0.3 is 6.18 Å². The molecule has 0 aromatic carbocycles. The predicted octanol–water partition coefficient (Wildman–Crippen LogP) is 3.18. The van der Waals surface area contributed by atoms with Gasteiger partial charge in [-0.05, 0) is 44.1 Å². The van der Waals surface area contributed by atoms with E-state index in [1.54, 1.807) is 4.90 Å². The number of rotatable bonds is 6. The molecule has 0 amide bonds. The average Bonchev–Trinajstić information content (AvgIpc) is 3.11. The zero-order chi connectivity index (χ0) is 13.9. The lowest BCUT2D eigenvalue weighted by Crippen LogP contribution is -2.50. The van der Waals surface area contributed by atoms with Gasteiger partial charge < -0.3 is 5.32 Å². The largest absolute Gasteiger partial charge is 0.401 e. The summed E-state index contributed by atoms with van der Waals surface area (Å²) in [6, 6.07) is 0.178. The number of nitrogens with zero attached hydrogens (tertiary/aromatic N) is 1. The van der Waals surface area contributed by atoms with Crippen LogP contribution >= 0.6 is 0 Å². The second-order valence-electron chi connectivity index (χ2n) is 6.28. The first-order valence-electron chi connectivity index (χ1n) is 7.46. The highest BCUT2D eigenvalue weighted by molar-refractivity contribution is 4.93. The number of alkyl halides is 3. The second-order valence-corrected chi connectivity index (χ2v) is 6.28. The van der Waals surface area contributed by atoms with Crippen LogP contribution in [0.25, 0.3) is 0 Å². The molecule has 0 aromatic heterocycles. The van der Waals surface area contributed by atoms with Gasteiger partial charge in [0.25, 0.3) is 0 Å². The van der Waals surface area contributed by atoms with Gasteiger partial charge in [0.1, 0.15) is 0 Å². The Morgan fingerprint density at radius 3 is 2.53 bits per heavy atom. The first-order valence-corrected chi connectivity index (χ1v) is 7.46. The Hall–Kier alpha value is -0.290. The summed E-state index contributed by atoms with van der Waals surface area (Å²) in [5.41, 5.74) is 0.0564. The summed E-state index contributed by atoms with van der Waals surface area (Å²) in [6.07, 6.45) is 2.03. The molecule has 0 aromatic rings. The summed E-state index contributed by atoms with van der Waals surface area (Å²) in [7, 11) is 0. The van der Waals surface area contributed by atoms with Crippen molar-refractivity contribution in [1.29, 1.82) is 0 Å². The maximum absolute atomic E-state index is 12.7. The lowest BCUT2D eigenvalue weighted by Gasteiger charge is -2.42. The van der Waals surface area contributed by atoms with E-state index in [4.69, 9.17) is 0 Å². The Bertz CT molecular complexity index is 275. The Morgan fingerprint density at radius 2 is 2.05 bits per heavy atom. The van der Waals surface area contributed by atoms with Crippen molar-refractivity contribution >= 4 is 0 Å². The van der Waals surface area contributed by atoms with Crippen molar-refractivity contribution in [2.75, 3.05) is 26.2 Å². The van der Waals surface area contributed by atoms with E-state index in [0.29, 0.717) is 6.54 Å². The number of hydrogen-bond acceptors (Lipinski definition) is 2. The predicted molar refractivity (Wildman–Crippen MR) is 70.1 cm³/mol. The number of halogens is 3. The van der Waals surface area contributed by atoms with E-state index in [-0.39, 0.29) is 11.5 Å². The summed E-state index contributed by atoms with van der Waals surface area (Å²) < 4.78 is 38.1. The van der Waals surface area contributed by atoms with Gasteiger partial charge in [-0.2, -0.15) is 13.2 Å². The molecule has 1 saturated heterocycles. The van der Waals surface area contributed by atoms with Crippen LogP contribution in [0.15, 0.2) is 0 Å². The highest BCUT2D eigenvalue weighted by atomic mass is 19.4. The maximum atomic E-state index is 12.7. The van der Waals surface area contributed by atoms with E-state index in [1.807, 2.05) is 0 Å². The average molecular weight is 278 g/mol. The minimum atomic E-state index is -4.07. The summed E-state index contributed by atoms with van der Waals surface area (Å²) in [5.74, 6) is 0. The van der Waals surface area contributed by atoms with E-state index in [9.17, 15) is 13.2 Å². The molecule has 0 spiro atoms. The monoisotopic (exact) mass is 278 g/mol. The topological polar surface area (TPSA) is 15.3 Å². The van der Waals surface area contributed by atoms with Gasteiger partial charge in [0.2, 0.25) is 0 Å². The third-order valence-electron chi connectivity index (χ3n) is 4.33. The van der Waals surface area contributed by atoms with Gasteiger partial charge in [0.05, 0.1) is 6.54 Å². The minimum absolute atomic E-state index is 0.0564. The summed E-state index contributed by atoms with van der Waals surface area (Å²) in [5, 5.41) is 3.38. The molecule has 19 heavy (non-hydrogen) atoms. The molecule has 1 saturated carbocycles. The van der Waals surface area contributed by atoms with E-state index >= 15 is 0 Å². The van der Waals surface area contributed by atoms with Crippen LogP contribution in [0.5, 0.6) is 0 Å². The van der Waals surface area contributed by atoms with Crippen molar-refractivity contribution in [1.82, 2.24) is 10.2 Å². The molecule has 2 rings (SSSR count). The summed E-state index contributed by atoms with van der Waals surface area (Å²) >= 11 is 0. The first kappa shape index (κ1) is 15.1. The van der Waals surface area contributed by atoms with Crippen LogP contribution in [-0.2, 0) is 0 Å². The lowest BCUT2D eigenvalue weighted by molar-refractivity contribution is -0.151. The molecule has 112 valence electrons. The quantitative estimate of drug-likeness (QED) is 0.802. The Balaban J connectivity index is 2.00. The van der Waals surface area contributed by atoms with Crippen molar-refractivity contribution in [3.05, 3.63) is 0 Å². The Morgan fingerprint density at radius 1 is 1.32 bits per heavy atom. The molecule has 2 nitrogen and oxygen atoms in total. The van der Waals surface area contributed by atoms with Gasteiger partial charge in [0.15, 0.2) is 0 Å². The fourth-order valence-corrected chi connectivity index (χ4v) is 3.40. The van der Waals surface area contributed by atoms with Crippen LogP contribution < -0.4 is 5.32 Å². The molecule has 1 atom stereocenters. The van der Waals surface area contributed by atoms with Gasteiger partial charge in [-0.25, -0.2) is 0 Å². The molecule has 1 unspecified atom stereocenters. The van der Waals surface area contributed by atoms with Crippen molar-refractivity contribution in [3.8, 4) is 0 Å². The molecule has 1 aliphatic heterocycles. The van der Waals surface area contributed by atoms with Crippen molar-refractivity contribution in [2.45, 2.75) is 57.7 Å². The number of piperidine rings is 1. The van der Waals surface area contributed by atoms with Crippen LogP contribution in [0.3, 0.4) is 0 Å². The molecule has 2 aliphatic rings. The van der Waals surface area contributed by atoms with Crippen molar-refractivity contribution in [2.24, 2.45) is 5.41 Å². The molecule has 0 radical (unpaired) electrons. The molecule has 1 aliphatic carbocycles. The Kier molecular flexibility index (Phi) is 4.77. The molecule has 5 heteroatoms.